The van der Waals surface area contributed by atoms with E-state index in [0.717, 1.165) is 30.3 Å². The molecule has 2 aromatic carbocycles. The maximum atomic E-state index is 14.6. The third-order valence-electron chi connectivity index (χ3n) is 4.82. The van der Waals surface area contributed by atoms with Crippen LogP contribution >= 0.6 is 0 Å². The Morgan fingerprint density at radius 1 is 0.867 bits per heavy atom. The number of hydrogen-bond acceptors (Lipinski definition) is 2. The molecule has 4 rings (SSSR count). The van der Waals surface area contributed by atoms with Crippen molar-refractivity contribution in [1.29, 1.82) is 0 Å². The van der Waals surface area contributed by atoms with Gasteiger partial charge in [0.25, 0.3) is 0 Å². The first-order valence-electron chi connectivity index (χ1n) is 8.98. The van der Waals surface area contributed by atoms with Crippen molar-refractivity contribution < 1.29 is 22.3 Å². The van der Waals surface area contributed by atoms with E-state index in [4.69, 9.17) is 4.74 Å². The summed E-state index contributed by atoms with van der Waals surface area (Å²) in [5.74, 6) is -3.35. The standard InChI is InChI=1S/C23H15F4NO2/c1-30-12-13-5-8-19-22(21-16(25)3-2-4-17(21)26)20(29)9-10-28(19)23(13)15-7-6-14(24)11-18(15)27/h2-11H,12H2,1H3. The molecule has 0 amide bonds. The van der Waals surface area contributed by atoms with Gasteiger partial charge in [-0.3, -0.25) is 4.79 Å². The number of halogens is 4. The molecule has 0 aliphatic rings. The van der Waals surface area contributed by atoms with Gasteiger partial charge in [0, 0.05) is 36.6 Å². The van der Waals surface area contributed by atoms with Crippen molar-refractivity contribution in [2.45, 2.75) is 6.61 Å². The fourth-order valence-electron chi connectivity index (χ4n) is 3.57. The molecule has 0 aliphatic carbocycles. The summed E-state index contributed by atoms with van der Waals surface area (Å²) in [4.78, 5) is 12.6. The molecule has 2 aromatic heterocycles. The zero-order valence-electron chi connectivity index (χ0n) is 15.8. The van der Waals surface area contributed by atoms with Gasteiger partial charge in [-0.15, -0.1) is 0 Å². The number of nitrogens with zero attached hydrogens (tertiary/aromatic N) is 1. The third kappa shape index (κ3) is 3.27. The van der Waals surface area contributed by atoms with E-state index < -0.39 is 34.3 Å². The van der Waals surface area contributed by atoms with Gasteiger partial charge in [0.2, 0.25) is 0 Å². The van der Waals surface area contributed by atoms with E-state index in [2.05, 4.69) is 0 Å². The number of methoxy groups -OCH3 is 1. The average Bonchev–Trinajstić information content (AvgIpc) is 2.70. The highest BCUT2D eigenvalue weighted by atomic mass is 19.1. The Hall–Kier alpha value is -3.45. The van der Waals surface area contributed by atoms with Crippen LogP contribution in [0.15, 0.2) is 65.6 Å². The summed E-state index contributed by atoms with van der Waals surface area (Å²) in [6.45, 7) is 0.0948. The Morgan fingerprint density at radius 3 is 2.27 bits per heavy atom. The minimum atomic E-state index is -0.893. The summed E-state index contributed by atoms with van der Waals surface area (Å²) >= 11 is 0. The molecule has 152 valence electrons. The molecule has 0 N–H and O–H groups in total. The third-order valence-corrected chi connectivity index (χ3v) is 4.82. The first-order valence-corrected chi connectivity index (χ1v) is 8.98. The van der Waals surface area contributed by atoms with Crippen molar-refractivity contribution in [3.8, 4) is 22.4 Å². The van der Waals surface area contributed by atoms with Gasteiger partial charge in [0.15, 0.2) is 5.43 Å². The van der Waals surface area contributed by atoms with E-state index in [1.54, 1.807) is 6.07 Å². The maximum absolute atomic E-state index is 14.6. The molecule has 30 heavy (non-hydrogen) atoms. The summed E-state index contributed by atoms with van der Waals surface area (Å²) in [5.41, 5.74) is -0.206. The minimum Gasteiger partial charge on any atom is -0.380 e. The van der Waals surface area contributed by atoms with Crippen molar-refractivity contribution in [3.05, 3.63) is 99.8 Å². The number of pyridine rings is 2. The summed E-state index contributed by atoms with van der Waals surface area (Å²) in [6.07, 6.45) is 1.39. The molecule has 7 heteroatoms. The first-order chi connectivity index (χ1) is 14.4. The van der Waals surface area contributed by atoms with E-state index in [-0.39, 0.29) is 28.9 Å². The molecule has 0 radical (unpaired) electrons. The molecule has 0 saturated heterocycles. The number of rotatable bonds is 4. The summed E-state index contributed by atoms with van der Waals surface area (Å²) in [7, 11) is 1.46. The van der Waals surface area contributed by atoms with E-state index >= 15 is 0 Å². The lowest BCUT2D eigenvalue weighted by atomic mass is 9.99. The minimum absolute atomic E-state index is 0.0534. The fourth-order valence-corrected chi connectivity index (χ4v) is 3.57. The van der Waals surface area contributed by atoms with Gasteiger partial charge >= 0.3 is 0 Å². The molecule has 0 aliphatic heterocycles. The predicted octanol–water partition coefficient (Wildman–Crippen LogP) is 5.34. The van der Waals surface area contributed by atoms with Gasteiger partial charge in [0.05, 0.1) is 28.9 Å². The second-order valence-corrected chi connectivity index (χ2v) is 6.67. The molecular formula is C23H15F4NO2. The van der Waals surface area contributed by atoms with Crippen molar-refractivity contribution in [2.24, 2.45) is 0 Å². The Balaban J connectivity index is 2.14. The quantitative estimate of drug-likeness (QED) is 0.423. The topological polar surface area (TPSA) is 30.7 Å². The summed E-state index contributed by atoms with van der Waals surface area (Å²) in [6, 6.07) is 10.7. The Bertz CT molecular complexity index is 1310. The van der Waals surface area contributed by atoms with Crippen LogP contribution in [0.5, 0.6) is 0 Å². The van der Waals surface area contributed by atoms with Gasteiger partial charge in [-0.2, -0.15) is 0 Å². The molecule has 0 bridgehead atoms. The predicted molar refractivity (Wildman–Crippen MR) is 105 cm³/mol. The number of aromatic nitrogens is 1. The van der Waals surface area contributed by atoms with Crippen LogP contribution in [0.1, 0.15) is 5.56 Å². The first kappa shape index (κ1) is 19.8. The number of benzene rings is 2. The van der Waals surface area contributed by atoms with Crippen LogP contribution in [-0.2, 0) is 11.3 Å². The number of hydrogen-bond donors (Lipinski definition) is 0. The normalized spacial score (nSPS) is 11.2. The average molecular weight is 413 g/mol. The van der Waals surface area contributed by atoms with Crippen LogP contribution in [0, 0.1) is 23.3 Å². The lowest BCUT2D eigenvalue weighted by Crippen LogP contribution is -2.12. The second-order valence-electron chi connectivity index (χ2n) is 6.67. The highest BCUT2D eigenvalue weighted by Gasteiger charge is 2.21. The van der Waals surface area contributed by atoms with Gasteiger partial charge in [-0.25, -0.2) is 17.6 Å². The Morgan fingerprint density at radius 2 is 1.60 bits per heavy atom. The highest BCUT2D eigenvalue weighted by molar-refractivity contribution is 5.83. The summed E-state index contributed by atoms with van der Waals surface area (Å²) in [5, 5.41) is 0. The van der Waals surface area contributed by atoms with Crippen LogP contribution in [0.2, 0.25) is 0 Å². The highest BCUT2D eigenvalue weighted by Crippen LogP contribution is 2.33. The van der Waals surface area contributed by atoms with Crippen LogP contribution in [0.25, 0.3) is 27.9 Å². The Kier molecular flexibility index (Phi) is 5.13. The molecule has 0 atom stereocenters. The van der Waals surface area contributed by atoms with Gasteiger partial charge in [-0.1, -0.05) is 12.1 Å². The second kappa shape index (κ2) is 7.76. The van der Waals surface area contributed by atoms with E-state index in [1.165, 1.54) is 35.9 Å². The maximum Gasteiger partial charge on any atom is 0.190 e. The van der Waals surface area contributed by atoms with Crippen molar-refractivity contribution in [2.75, 3.05) is 7.11 Å². The van der Waals surface area contributed by atoms with Gasteiger partial charge < -0.3 is 9.14 Å². The smallest absolute Gasteiger partial charge is 0.190 e. The van der Waals surface area contributed by atoms with Crippen molar-refractivity contribution in [1.82, 2.24) is 4.40 Å². The van der Waals surface area contributed by atoms with Crippen molar-refractivity contribution in [3.63, 3.8) is 0 Å². The number of ether oxygens (including phenoxy) is 1. The van der Waals surface area contributed by atoms with Crippen molar-refractivity contribution >= 4 is 5.52 Å². The zero-order valence-corrected chi connectivity index (χ0v) is 15.8. The SMILES string of the molecule is COCc1ccc2c(-c3c(F)cccc3F)c(=O)ccn2c1-c1ccc(F)cc1F. The zero-order chi connectivity index (χ0) is 21.4. The molecule has 3 nitrogen and oxygen atoms in total. The van der Waals surface area contributed by atoms with Gasteiger partial charge in [0.1, 0.15) is 23.3 Å². The largest absolute Gasteiger partial charge is 0.380 e. The van der Waals surface area contributed by atoms with E-state index in [9.17, 15) is 22.4 Å². The van der Waals surface area contributed by atoms with Gasteiger partial charge in [-0.05, 0) is 30.3 Å². The van der Waals surface area contributed by atoms with Crippen LogP contribution < -0.4 is 5.43 Å². The van der Waals surface area contributed by atoms with E-state index in [0.29, 0.717) is 5.56 Å². The summed E-state index contributed by atoms with van der Waals surface area (Å²) < 4.78 is 63.7. The molecule has 0 unspecified atom stereocenters. The van der Waals surface area contributed by atoms with E-state index in [1.807, 2.05) is 0 Å². The Labute approximate surface area is 168 Å². The molecule has 4 aromatic rings. The fraction of sp³-hybridized carbons (Fsp3) is 0.0870. The molecule has 2 heterocycles. The molecular weight excluding hydrogens is 398 g/mol. The van der Waals surface area contributed by atoms with Crippen LogP contribution in [-0.4, -0.2) is 11.5 Å². The molecule has 0 spiro atoms. The molecule has 0 saturated carbocycles. The lowest BCUT2D eigenvalue weighted by molar-refractivity contribution is 0.185. The monoisotopic (exact) mass is 413 g/mol. The number of fused-ring (bicyclic) bond motifs is 1. The van der Waals surface area contributed by atoms with Crippen LogP contribution in [0.4, 0.5) is 17.6 Å². The lowest BCUT2D eigenvalue weighted by Gasteiger charge is -2.18. The van der Waals surface area contributed by atoms with Crippen LogP contribution in [0.3, 0.4) is 0 Å². The molecule has 0 fully saturated rings.